The van der Waals surface area contributed by atoms with Gasteiger partial charge in [-0.25, -0.2) is 4.79 Å². The van der Waals surface area contributed by atoms with Crippen LogP contribution in [0.15, 0.2) is 36.0 Å². The van der Waals surface area contributed by atoms with E-state index in [0.29, 0.717) is 13.0 Å². The molecule has 2 bridgehead atoms. The standard InChI is InChI=1S/C29H40O10/c1-16-9-23-28(12-19(16)31)14-36-26(34)10-17(2)20(32)13-35-21(18(3)30)7-5-6-8-25(33)39-22-11-24(38-23)29(15-37-29)27(22,28)4/h5-9,17-24,30-32H,10-15H2,1-4H3/b7-5+,8-6-/t17-,18-,19+,20-,21+,22+,23+,24+,27+,28+,29-/m0/s1. The van der Waals surface area contributed by atoms with Crippen LogP contribution in [0, 0.1) is 16.7 Å². The number of allylic oxidation sites excluding steroid dienone is 2. The Balaban J connectivity index is 1.52. The van der Waals surface area contributed by atoms with Gasteiger partial charge in [-0.05, 0) is 31.8 Å². The Kier molecular flexibility index (Phi) is 7.58. The maximum Gasteiger partial charge on any atom is 0.331 e. The first-order valence-corrected chi connectivity index (χ1v) is 13.8. The molecule has 5 aliphatic rings. The van der Waals surface area contributed by atoms with Crippen LogP contribution in [-0.4, -0.2) is 95.4 Å². The number of cyclic esters (lactones) is 1. The molecule has 0 radical (unpaired) electrons. The number of carbonyl (C=O) groups is 2. The summed E-state index contributed by atoms with van der Waals surface area (Å²) in [7, 11) is 0. The Morgan fingerprint density at radius 1 is 1.13 bits per heavy atom. The molecule has 0 unspecified atom stereocenters. The molecule has 3 fully saturated rings. The van der Waals surface area contributed by atoms with Crippen LogP contribution in [0.3, 0.4) is 0 Å². The predicted molar refractivity (Wildman–Crippen MR) is 137 cm³/mol. The van der Waals surface area contributed by atoms with E-state index < -0.39 is 70.9 Å². The monoisotopic (exact) mass is 548 g/mol. The van der Waals surface area contributed by atoms with Crippen molar-refractivity contribution in [1.29, 1.82) is 0 Å². The average molecular weight is 549 g/mol. The van der Waals surface area contributed by atoms with Gasteiger partial charge in [0, 0.05) is 17.9 Å². The summed E-state index contributed by atoms with van der Waals surface area (Å²) in [5.74, 6) is -1.53. The molecule has 2 aliphatic carbocycles. The maximum atomic E-state index is 13.1. The van der Waals surface area contributed by atoms with Gasteiger partial charge in [0.1, 0.15) is 24.4 Å². The zero-order valence-electron chi connectivity index (χ0n) is 22.9. The third kappa shape index (κ3) is 4.69. The number of aliphatic hydroxyl groups is 3. The molecule has 0 aromatic carbocycles. The molecule has 2 saturated heterocycles. The zero-order chi connectivity index (χ0) is 28.2. The topological polar surface area (TPSA) is 144 Å². The number of aliphatic hydroxyl groups excluding tert-OH is 3. The van der Waals surface area contributed by atoms with Crippen LogP contribution in [0.5, 0.6) is 0 Å². The lowest BCUT2D eigenvalue weighted by Crippen LogP contribution is -2.68. The van der Waals surface area contributed by atoms with Gasteiger partial charge in [0.25, 0.3) is 0 Å². The van der Waals surface area contributed by atoms with Crippen molar-refractivity contribution in [3.05, 3.63) is 36.0 Å². The van der Waals surface area contributed by atoms with Gasteiger partial charge in [-0.3, -0.25) is 4.79 Å². The Bertz CT molecular complexity index is 1060. The van der Waals surface area contributed by atoms with Crippen molar-refractivity contribution in [2.45, 2.75) is 95.3 Å². The maximum absolute atomic E-state index is 13.1. The Morgan fingerprint density at radius 2 is 1.87 bits per heavy atom. The molecule has 3 heterocycles. The molecular formula is C29H40O10. The normalized spacial score (nSPS) is 49.0. The molecule has 3 N–H and O–H groups in total. The minimum atomic E-state index is -0.969. The first-order chi connectivity index (χ1) is 18.4. The fraction of sp³-hybridized carbons (Fsp3) is 0.724. The first-order valence-electron chi connectivity index (χ1n) is 13.8. The SMILES string of the molecule is CC1=C[C@H]2O[C@@H]3C[C@H]4OC(=O)/C=C\C=C\[C@H]([C@H](C)O)OC[C@H](O)[C@@H](C)CC(=O)OC[C@@]2(C[C@H]1O)[C@]4(C)[C@]31CO1. The van der Waals surface area contributed by atoms with E-state index in [4.69, 9.17) is 23.7 Å². The molecule has 1 saturated carbocycles. The van der Waals surface area contributed by atoms with Gasteiger partial charge in [-0.2, -0.15) is 0 Å². The molecule has 0 aromatic rings. The molecule has 216 valence electrons. The molecule has 10 nitrogen and oxygen atoms in total. The van der Waals surface area contributed by atoms with Crippen LogP contribution in [0.4, 0.5) is 0 Å². The van der Waals surface area contributed by atoms with Crippen molar-refractivity contribution in [3.63, 3.8) is 0 Å². The zero-order valence-corrected chi connectivity index (χ0v) is 22.9. The van der Waals surface area contributed by atoms with Crippen LogP contribution in [0.1, 0.15) is 47.0 Å². The lowest BCUT2D eigenvalue weighted by Gasteiger charge is -2.58. The van der Waals surface area contributed by atoms with Crippen molar-refractivity contribution >= 4 is 11.9 Å². The van der Waals surface area contributed by atoms with Crippen LogP contribution in [0.25, 0.3) is 0 Å². The molecule has 0 aromatic heterocycles. The van der Waals surface area contributed by atoms with Crippen molar-refractivity contribution in [1.82, 2.24) is 0 Å². The predicted octanol–water partition coefficient (Wildman–Crippen LogP) is 1.36. The Morgan fingerprint density at radius 3 is 2.56 bits per heavy atom. The molecule has 11 atom stereocenters. The van der Waals surface area contributed by atoms with E-state index in [1.165, 1.54) is 12.2 Å². The number of esters is 2. The summed E-state index contributed by atoms with van der Waals surface area (Å²) < 4.78 is 30.2. The van der Waals surface area contributed by atoms with Gasteiger partial charge >= 0.3 is 11.9 Å². The highest BCUT2D eigenvalue weighted by Gasteiger charge is 2.83. The second kappa shape index (κ2) is 10.4. The summed E-state index contributed by atoms with van der Waals surface area (Å²) >= 11 is 0. The summed E-state index contributed by atoms with van der Waals surface area (Å²) in [5.41, 5.74) is -1.66. The number of hydrogen-bond acceptors (Lipinski definition) is 10. The summed E-state index contributed by atoms with van der Waals surface area (Å²) in [6.45, 7) is 7.40. The lowest BCUT2D eigenvalue weighted by atomic mass is 9.51. The number of epoxide rings is 1. The minimum Gasteiger partial charge on any atom is -0.465 e. The molecule has 0 amide bonds. The van der Waals surface area contributed by atoms with Gasteiger partial charge in [0.15, 0.2) is 0 Å². The highest BCUT2D eigenvalue weighted by atomic mass is 16.6. The second-order valence-corrected chi connectivity index (χ2v) is 12.1. The van der Waals surface area contributed by atoms with Crippen LogP contribution in [0.2, 0.25) is 0 Å². The van der Waals surface area contributed by atoms with E-state index in [1.54, 1.807) is 26.0 Å². The van der Waals surface area contributed by atoms with E-state index in [1.807, 2.05) is 19.9 Å². The highest BCUT2D eigenvalue weighted by Crippen LogP contribution is 2.72. The van der Waals surface area contributed by atoms with Crippen molar-refractivity contribution in [2.24, 2.45) is 16.7 Å². The van der Waals surface area contributed by atoms with E-state index in [0.717, 1.165) is 5.57 Å². The molecule has 39 heavy (non-hydrogen) atoms. The molecule has 2 spiro atoms. The van der Waals surface area contributed by atoms with Crippen LogP contribution in [-0.2, 0) is 33.3 Å². The van der Waals surface area contributed by atoms with Gasteiger partial charge in [0.2, 0.25) is 0 Å². The molecule has 5 rings (SSSR count). The van der Waals surface area contributed by atoms with Crippen molar-refractivity contribution in [3.8, 4) is 0 Å². The van der Waals surface area contributed by atoms with E-state index in [-0.39, 0.29) is 32.2 Å². The fourth-order valence-electron chi connectivity index (χ4n) is 7.02. The number of ether oxygens (including phenoxy) is 5. The fourth-order valence-corrected chi connectivity index (χ4v) is 7.02. The van der Waals surface area contributed by atoms with Gasteiger partial charge in [-0.1, -0.05) is 38.2 Å². The minimum absolute atomic E-state index is 0.0547. The second-order valence-electron chi connectivity index (χ2n) is 12.1. The molecule has 10 heteroatoms. The van der Waals surface area contributed by atoms with Gasteiger partial charge in [-0.15, -0.1) is 0 Å². The summed E-state index contributed by atoms with van der Waals surface area (Å²) in [6.07, 6.45) is 3.77. The van der Waals surface area contributed by atoms with Crippen LogP contribution < -0.4 is 0 Å². The van der Waals surface area contributed by atoms with Gasteiger partial charge < -0.3 is 39.0 Å². The summed E-state index contributed by atoms with van der Waals surface area (Å²) in [4.78, 5) is 26.0. The average Bonchev–Trinajstić information content (AvgIpc) is 3.65. The van der Waals surface area contributed by atoms with E-state index >= 15 is 0 Å². The summed E-state index contributed by atoms with van der Waals surface area (Å²) in [5, 5.41) is 31.7. The smallest absolute Gasteiger partial charge is 0.331 e. The lowest BCUT2D eigenvalue weighted by molar-refractivity contribution is -0.239. The van der Waals surface area contributed by atoms with E-state index in [9.17, 15) is 24.9 Å². The largest absolute Gasteiger partial charge is 0.465 e. The number of carbonyl (C=O) groups excluding carboxylic acids is 2. The Labute approximate surface area is 228 Å². The quantitative estimate of drug-likeness (QED) is 0.250. The molecule has 3 aliphatic heterocycles. The number of hydrogen-bond donors (Lipinski definition) is 3. The summed E-state index contributed by atoms with van der Waals surface area (Å²) in [6, 6.07) is 0. The molecular weight excluding hydrogens is 508 g/mol. The van der Waals surface area contributed by atoms with Crippen molar-refractivity contribution < 1.29 is 48.6 Å². The third-order valence-corrected chi connectivity index (χ3v) is 9.79. The van der Waals surface area contributed by atoms with Crippen LogP contribution >= 0.6 is 0 Å². The number of rotatable bonds is 1. The highest BCUT2D eigenvalue weighted by molar-refractivity contribution is 5.82. The van der Waals surface area contributed by atoms with E-state index in [2.05, 4.69) is 0 Å². The first kappa shape index (κ1) is 28.4. The Hall–Kier alpha value is -2.08. The third-order valence-electron chi connectivity index (χ3n) is 9.79. The van der Waals surface area contributed by atoms with Gasteiger partial charge in [0.05, 0.1) is 55.6 Å². The van der Waals surface area contributed by atoms with Crippen molar-refractivity contribution in [2.75, 3.05) is 19.8 Å².